The molecule has 0 aliphatic rings. The van der Waals surface area contributed by atoms with Crippen molar-refractivity contribution in [1.29, 1.82) is 0 Å². The molecular formula is C22H36O3. The number of ether oxygens (including phenoxy) is 1. The van der Waals surface area contributed by atoms with Gasteiger partial charge in [-0.1, -0.05) is 82.2 Å². The molecule has 25 heavy (non-hydrogen) atoms. The summed E-state index contributed by atoms with van der Waals surface area (Å²) in [4.78, 5) is 10.8. The minimum atomic E-state index is -1.12. The van der Waals surface area contributed by atoms with Crippen molar-refractivity contribution in [2.75, 3.05) is 0 Å². The molecule has 0 heterocycles. The molecule has 0 fully saturated rings. The van der Waals surface area contributed by atoms with Gasteiger partial charge in [-0.05, 0) is 44.1 Å². The maximum absolute atomic E-state index is 10.8. The van der Waals surface area contributed by atoms with Gasteiger partial charge in [-0.15, -0.1) is 0 Å². The SMILES string of the molecule is CCCCCCCC(CCCCCCCc1ccccc1)OC(=O)O. The quantitative estimate of drug-likeness (QED) is 0.274. The van der Waals surface area contributed by atoms with Crippen LogP contribution in [0.4, 0.5) is 4.79 Å². The summed E-state index contributed by atoms with van der Waals surface area (Å²) in [5.41, 5.74) is 1.42. The predicted octanol–water partition coefficient (Wildman–Crippen LogP) is 6.99. The van der Waals surface area contributed by atoms with Crippen molar-refractivity contribution >= 4 is 6.16 Å². The molecule has 1 aromatic rings. The van der Waals surface area contributed by atoms with Crippen LogP contribution in [0.25, 0.3) is 0 Å². The smallest absolute Gasteiger partial charge is 0.450 e. The van der Waals surface area contributed by atoms with Crippen LogP contribution in [0.3, 0.4) is 0 Å². The summed E-state index contributed by atoms with van der Waals surface area (Å²) in [6.07, 6.45) is 13.6. The standard InChI is InChI=1S/C22H36O3/c1-2-3-4-6-13-18-21(25-22(23)24)19-14-8-5-7-10-15-20-16-11-9-12-17-20/h9,11-12,16-17,21H,2-8,10,13-15,18-19H2,1H3,(H,23,24). The van der Waals surface area contributed by atoms with Crippen LogP contribution in [-0.4, -0.2) is 17.4 Å². The molecule has 1 atom stereocenters. The molecule has 0 aliphatic carbocycles. The van der Waals surface area contributed by atoms with Gasteiger partial charge in [0, 0.05) is 0 Å². The number of unbranched alkanes of at least 4 members (excludes halogenated alkanes) is 8. The largest absolute Gasteiger partial charge is 0.506 e. The summed E-state index contributed by atoms with van der Waals surface area (Å²) in [5, 5.41) is 8.88. The van der Waals surface area contributed by atoms with Gasteiger partial charge in [0.05, 0.1) is 0 Å². The first kappa shape index (κ1) is 21.5. The van der Waals surface area contributed by atoms with E-state index in [-0.39, 0.29) is 6.10 Å². The average Bonchev–Trinajstić information content (AvgIpc) is 2.61. The van der Waals surface area contributed by atoms with Crippen LogP contribution < -0.4 is 0 Å². The Bertz CT molecular complexity index is 430. The molecule has 3 heteroatoms. The van der Waals surface area contributed by atoms with Crippen LogP contribution in [-0.2, 0) is 11.2 Å². The van der Waals surface area contributed by atoms with E-state index in [9.17, 15) is 4.79 Å². The Kier molecular flexibility index (Phi) is 12.7. The summed E-state index contributed by atoms with van der Waals surface area (Å²) < 4.78 is 5.06. The van der Waals surface area contributed by atoms with Gasteiger partial charge < -0.3 is 9.84 Å². The molecule has 0 aliphatic heterocycles. The molecule has 1 N–H and O–H groups in total. The van der Waals surface area contributed by atoms with Gasteiger partial charge in [-0.2, -0.15) is 0 Å². The first-order valence-electron chi connectivity index (χ1n) is 10.2. The number of benzene rings is 1. The van der Waals surface area contributed by atoms with Crippen LogP contribution in [0.1, 0.15) is 89.5 Å². The van der Waals surface area contributed by atoms with E-state index in [2.05, 4.69) is 37.3 Å². The molecule has 3 nitrogen and oxygen atoms in total. The molecular weight excluding hydrogens is 312 g/mol. The van der Waals surface area contributed by atoms with Crippen molar-refractivity contribution in [3.63, 3.8) is 0 Å². The van der Waals surface area contributed by atoms with E-state index in [4.69, 9.17) is 9.84 Å². The zero-order valence-corrected chi connectivity index (χ0v) is 15.9. The molecule has 1 rings (SSSR count). The third-order valence-corrected chi connectivity index (χ3v) is 4.73. The number of carbonyl (C=O) groups is 1. The topological polar surface area (TPSA) is 46.5 Å². The molecule has 0 radical (unpaired) electrons. The third-order valence-electron chi connectivity index (χ3n) is 4.73. The second-order valence-electron chi connectivity index (χ2n) is 7.00. The Morgan fingerprint density at radius 2 is 1.44 bits per heavy atom. The second kappa shape index (κ2) is 14.8. The minimum Gasteiger partial charge on any atom is -0.450 e. The van der Waals surface area contributed by atoms with Crippen LogP contribution in [0.2, 0.25) is 0 Å². The van der Waals surface area contributed by atoms with Crippen molar-refractivity contribution in [2.45, 2.75) is 96.5 Å². The van der Waals surface area contributed by atoms with Gasteiger partial charge in [0.25, 0.3) is 0 Å². The van der Waals surface area contributed by atoms with Gasteiger partial charge in [-0.25, -0.2) is 4.79 Å². The Morgan fingerprint density at radius 3 is 2.04 bits per heavy atom. The second-order valence-corrected chi connectivity index (χ2v) is 7.00. The highest BCUT2D eigenvalue weighted by Gasteiger charge is 2.12. The Morgan fingerprint density at radius 1 is 0.880 bits per heavy atom. The van der Waals surface area contributed by atoms with E-state index in [1.807, 2.05) is 0 Å². The summed E-state index contributed by atoms with van der Waals surface area (Å²) in [6, 6.07) is 10.6. The van der Waals surface area contributed by atoms with E-state index >= 15 is 0 Å². The molecule has 0 aromatic heterocycles. The molecule has 1 unspecified atom stereocenters. The van der Waals surface area contributed by atoms with E-state index in [1.165, 1.54) is 56.9 Å². The third kappa shape index (κ3) is 12.5. The van der Waals surface area contributed by atoms with Crippen LogP contribution in [0.15, 0.2) is 30.3 Å². The maximum Gasteiger partial charge on any atom is 0.506 e. The van der Waals surface area contributed by atoms with Gasteiger partial charge in [0.15, 0.2) is 0 Å². The zero-order chi connectivity index (χ0) is 18.2. The lowest BCUT2D eigenvalue weighted by atomic mass is 10.0. The fourth-order valence-electron chi connectivity index (χ4n) is 3.26. The molecule has 142 valence electrons. The van der Waals surface area contributed by atoms with E-state index < -0.39 is 6.16 Å². The fourth-order valence-corrected chi connectivity index (χ4v) is 3.26. The fraction of sp³-hybridized carbons (Fsp3) is 0.682. The normalized spacial score (nSPS) is 12.0. The van der Waals surface area contributed by atoms with E-state index in [1.54, 1.807) is 0 Å². The lowest BCUT2D eigenvalue weighted by molar-refractivity contribution is 0.0422. The Labute approximate surface area is 153 Å². The molecule has 0 amide bonds. The molecule has 0 saturated carbocycles. The van der Waals surface area contributed by atoms with Crippen molar-refractivity contribution in [3.8, 4) is 0 Å². The van der Waals surface area contributed by atoms with Crippen LogP contribution >= 0.6 is 0 Å². The number of hydrogen-bond donors (Lipinski definition) is 1. The van der Waals surface area contributed by atoms with E-state index in [0.717, 1.165) is 32.1 Å². The minimum absolute atomic E-state index is 0.108. The Balaban J connectivity index is 2.05. The van der Waals surface area contributed by atoms with Gasteiger partial charge in [0.2, 0.25) is 0 Å². The Hall–Kier alpha value is -1.51. The van der Waals surface area contributed by atoms with Crippen molar-refractivity contribution in [2.24, 2.45) is 0 Å². The zero-order valence-electron chi connectivity index (χ0n) is 15.9. The van der Waals surface area contributed by atoms with Gasteiger partial charge in [0.1, 0.15) is 6.10 Å². The molecule has 0 spiro atoms. The van der Waals surface area contributed by atoms with Crippen molar-refractivity contribution < 1.29 is 14.6 Å². The number of carboxylic acid groups (broad SMARTS) is 1. The van der Waals surface area contributed by atoms with E-state index in [0.29, 0.717) is 0 Å². The van der Waals surface area contributed by atoms with Crippen LogP contribution in [0.5, 0.6) is 0 Å². The van der Waals surface area contributed by atoms with Crippen molar-refractivity contribution in [3.05, 3.63) is 35.9 Å². The maximum atomic E-state index is 10.8. The lowest BCUT2D eigenvalue weighted by Crippen LogP contribution is -2.16. The number of rotatable bonds is 15. The first-order valence-corrected chi connectivity index (χ1v) is 10.2. The lowest BCUT2D eigenvalue weighted by Gasteiger charge is -2.15. The highest BCUT2D eigenvalue weighted by molar-refractivity contribution is 5.57. The highest BCUT2D eigenvalue weighted by Crippen LogP contribution is 2.17. The highest BCUT2D eigenvalue weighted by atomic mass is 16.7. The summed E-state index contributed by atoms with van der Waals surface area (Å²) >= 11 is 0. The number of aryl methyl sites for hydroxylation is 1. The predicted molar refractivity (Wildman–Crippen MR) is 104 cm³/mol. The number of hydrogen-bond acceptors (Lipinski definition) is 2. The van der Waals surface area contributed by atoms with Gasteiger partial charge in [-0.3, -0.25) is 0 Å². The molecule has 0 bridgehead atoms. The van der Waals surface area contributed by atoms with Gasteiger partial charge >= 0.3 is 6.16 Å². The average molecular weight is 349 g/mol. The summed E-state index contributed by atoms with van der Waals surface area (Å²) in [6.45, 7) is 2.20. The van der Waals surface area contributed by atoms with Crippen LogP contribution in [0, 0.1) is 0 Å². The molecule has 0 saturated heterocycles. The first-order chi connectivity index (χ1) is 12.2. The van der Waals surface area contributed by atoms with Crippen molar-refractivity contribution in [1.82, 2.24) is 0 Å². The summed E-state index contributed by atoms with van der Waals surface area (Å²) in [5.74, 6) is 0. The molecule has 1 aromatic carbocycles. The monoisotopic (exact) mass is 348 g/mol. The summed E-state index contributed by atoms with van der Waals surface area (Å²) in [7, 11) is 0.